The van der Waals surface area contributed by atoms with Gasteiger partial charge in [-0.25, -0.2) is 0 Å². The molecule has 0 aromatic heterocycles. The van der Waals surface area contributed by atoms with Crippen LogP contribution in [0.15, 0.2) is 36.4 Å². The molecule has 1 aromatic carbocycles. The smallest absolute Gasteiger partial charge is 0.307 e. The van der Waals surface area contributed by atoms with Crippen LogP contribution in [-0.2, 0) is 20.9 Å². The Hall–Kier alpha value is -2.63. The van der Waals surface area contributed by atoms with E-state index in [1.807, 2.05) is 41.3 Å². The summed E-state index contributed by atoms with van der Waals surface area (Å²) in [6.45, 7) is 1.39. The number of hydrogen-bond donors (Lipinski definition) is 2. The van der Waals surface area contributed by atoms with E-state index in [1.165, 1.54) is 0 Å². The first-order valence-electron chi connectivity index (χ1n) is 9.11. The lowest BCUT2D eigenvalue weighted by molar-refractivity contribution is -0.146. The molecule has 0 spiro atoms. The Balaban J connectivity index is 1.41. The molecule has 4 rings (SSSR count). The molecule has 4 atom stereocenters. The summed E-state index contributed by atoms with van der Waals surface area (Å²) in [5.41, 5.74) is 1.67. The summed E-state index contributed by atoms with van der Waals surface area (Å²) in [5, 5.41) is 12.3. The zero-order chi connectivity index (χ0) is 18.3. The lowest BCUT2D eigenvalue weighted by Crippen LogP contribution is -2.36. The van der Waals surface area contributed by atoms with Crippen LogP contribution in [0.25, 0.3) is 0 Å². The number of benzene rings is 1. The van der Waals surface area contributed by atoms with Crippen molar-refractivity contribution >= 4 is 23.5 Å². The van der Waals surface area contributed by atoms with Crippen LogP contribution in [0.4, 0.5) is 5.69 Å². The summed E-state index contributed by atoms with van der Waals surface area (Å²) in [6, 6.07) is 7.42. The van der Waals surface area contributed by atoms with Gasteiger partial charge in [-0.05, 0) is 42.4 Å². The number of nitrogens with zero attached hydrogens (tertiary/aromatic N) is 1. The third-order valence-electron chi connectivity index (χ3n) is 5.81. The van der Waals surface area contributed by atoms with Crippen molar-refractivity contribution in [3.05, 3.63) is 42.0 Å². The minimum atomic E-state index is -0.896. The highest BCUT2D eigenvalue weighted by molar-refractivity contribution is 5.96. The predicted octanol–water partition coefficient (Wildman–Crippen LogP) is 2.27. The molecule has 26 heavy (non-hydrogen) atoms. The largest absolute Gasteiger partial charge is 0.481 e. The molecule has 136 valence electrons. The van der Waals surface area contributed by atoms with E-state index < -0.39 is 17.8 Å². The Labute approximate surface area is 151 Å². The molecule has 1 heterocycles. The van der Waals surface area contributed by atoms with Crippen molar-refractivity contribution in [1.82, 2.24) is 4.90 Å². The SMILES string of the molecule is O=C(O)C1C2C=CC(C2)C1C(=O)Nc1ccc(CN2CCCC2=O)cc1. The molecule has 3 aliphatic rings. The normalized spacial score (nSPS) is 29.4. The number of hydrogen-bond acceptors (Lipinski definition) is 3. The average molecular weight is 354 g/mol. The standard InChI is InChI=1S/C20H22N2O4/c23-16-2-1-9-22(16)11-12-3-7-15(8-4-12)21-19(24)17-13-5-6-14(10-13)18(17)20(25)26/h3-8,13-14,17-18H,1-2,9-11H2,(H,21,24)(H,25,26). The van der Waals surface area contributed by atoms with Gasteiger partial charge in [0.05, 0.1) is 11.8 Å². The van der Waals surface area contributed by atoms with Crippen molar-refractivity contribution in [2.45, 2.75) is 25.8 Å². The van der Waals surface area contributed by atoms with Gasteiger partial charge < -0.3 is 15.3 Å². The second kappa shape index (κ2) is 6.59. The third-order valence-corrected chi connectivity index (χ3v) is 5.81. The lowest BCUT2D eigenvalue weighted by Gasteiger charge is -2.24. The number of aliphatic carboxylic acids is 1. The Morgan fingerprint density at radius 3 is 2.42 bits per heavy atom. The summed E-state index contributed by atoms with van der Waals surface area (Å²) >= 11 is 0. The predicted molar refractivity (Wildman–Crippen MR) is 95.1 cm³/mol. The number of amides is 2. The van der Waals surface area contributed by atoms with Crippen molar-refractivity contribution in [3.8, 4) is 0 Å². The molecular weight excluding hydrogens is 332 g/mol. The van der Waals surface area contributed by atoms with E-state index in [0.717, 1.165) is 24.9 Å². The number of fused-ring (bicyclic) bond motifs is 2. The molecule has 1 saturated heterocycles. The summed E-state index contributed by atoms with van der Waals surface area (Å²) in [4.78, 5) is 37.8. The summed E-state index contributed by atoms with van der Waals surface area (Å²) < 4.78 is 0. The Morgan fingerprint density at radius 1 is 1.12 bits per heavy atom. The molecule has 6 nitrogen and oxygen atoms in total. The zero-order valence-corrected chi connectivity index (χ0v) is 14.4. The van der Waals surface area contributed by atoms with Gasteiger partial charge in [-0.15, -0.1) is 0 Å². The molecule has 4 unspecified atom stereocenters. The molecule has 2 aliphatic carbocycles. The summed E-state index contributed by atoms with van der Waals surface area (Å²) in [6.07, 6.45) is 6.19. The minimum Gasteiger partial charge on any atom is -0.481 e. The van der Waals surface area contributed by atoms with Crippen molar-refractivity contribution < 1.29 is 19.5 Å². The van der Waals surface area contributed by atoms with Gasteiger partial charge in [0.1, 0.15) is 0 Å². The fraction of sp³-hybridized carbons (Fsp3) is 0.450. The minimum absolute atomic E-state index is 0.0153. The molecule has 1 saturated carbocycles. The van der Waals surface area contributed by atoms with Crippen LogP contribution in [-0.4, -0.2) is 34.3 Å². The first-order valence-corrected chi connectivity index (χ1v) is 9.11. The number of carbonyl (C=O) groups is 3. The number of rotatable bonds is 5. The fourth-order valence-corrected chi connectivity index (χ4v) is 4.53. The van der Waals surface area contributed by atoms with Crippen LogP contribution >= 0.6 is 0 Å². The van der Waals surface area contributed by atoms with Crippen LogP contribution in [0.1, 0.15) is 24.8 Å². The highest BCUT2D eigenvalue weighted by Crippen LogP contribution is 2.48. The van der Waals surface area contributed by atoms with E-state index in [0.29, 0.717) is 18.7 Å². The van der Waals surface area contributed by atoms with Crippen molar-refractivity contribution in [3.63, 3.8) is 0 Å². The Bertz CT molecular complexity index is 771. The van der Waals surface area contributed by atoms with Gasteiger partial charge in [0.25, 0.3) is 0 Å². The summed E-state index contributed by atoms with van der Waals surface area (Å²) in [7, 11) is 0. The average Bonchev–Trinajstić information content (AvgIpc) is 3.33. The van der Waals surface area contributed by atoms with Crippen molar-refractivity contribution in [1.29, 1.82) is 0 Å². The fourth-order valence-electron chi connectivity index (χ4n) is 4.53. The van der Waals surface area contributed by atoms with Crippen LogP contribution < -0.4 is 5.32 Å². The molecule has 1 aliphatic heterocycles. The van der Waals surface area contributed by atoms with Crippen LogP contribution in [0.2, 0.25) is 0 Å². The van der Waals surface area contributed by atoms with Crippen LogP contribution in [0, 0.1) is 23.7 Å². The van der Waals surface area contributed by atoms with Crippen LogP contribution in [0.3, 0.4) is 0 Å². The number of anilines is 1. The molecule has 2 amide bonds. The number of carboxylic acid groups (broad SMARTS) is 1. The van der Waals surface area contributed by atoms with Gasteiger partial charge in [0.2, 0.25) is 11.8 Å². The van der Waals surface area contributed by atoms with Gasteiger partial charge in [-0.1, -0.05) is 24.3 Å². The quantitative estimate of drug-likeness (QED) is 0.794. The maximum atomic E-state index is 12.7. The van der Waals surface area contributed by atoms with Gasteiger partial charge in [0.15, 0.2) is 0 Å². The van der Waals surface area contributed by atoms with E-state index in [4.69, 9.17) is 0 Å². The van der Waals surface area contributed by atoms with Gasteiger partial charge in [-0.3, -0.25) is 14.4 Å². The number of carboxylic acids is 1. The second-order valence-corrected chi connectivity index (χ2v) is 7.44. The van der Waals surface area contributed by atoms with E-state index in [9.17, 15) is 19.5 Å². The Kier molecular flexibility index (Phi) is 4.26. The highest BCUT2D eigenvalue weighted by atomic mass is 16.4. The number of nitrogens with one attached hydrogen (secondary N) is 1. The highest BCUT2D eigenvalue weighted by Gasteiger charge is 2.51. The van der Waals surface area contributed by atoms with Gasteiger partial charge in [0, 0.05) is 25.2 Å². The Morgan fingerprint density at radius 2 is 1.81 bits per heavy atom. The maximum absolute atomic E-state index is 12.7. The van der Waals surface area contributed by atoms with E-state index in [2.05, 4.69) is 5.32 Å². The number of carbonyl (C=O) groups excluding carboxylic acids is 2. The maximum Gasteiger partial charge on any atom is 0.307 e. The second-order valence-electron chi connectivity index (χ2n) is 7.44. The first-order chi connectivity index (χ1) is 12.5. The monoisotopic (exact) mass is 354 g/mol. The van der Waals surface area contributed by atoms with E-state index in [-0.39, 0.29) is 23.7 Å². The van der Waals surface area contributed by atoms with Crippen LogP contribution in [0.5, 0.6) is 0 Å². The number of allylic oxidation sites excluding steroid dienone is 2. The first kappa shape index (κ1) is 16.8. The lowest BCUT2D eigenvalue weighted by atomic mass is 9.82. The topological polar surface area (TPSA) is 86.7 Å². The van der Waals surface area contributed by atoms with Crippen molar-refractivity contribution in [2.24, 2.45) is 23.7 Å². The molecule has 2 N–H and O–H groups in total. The summed E-state index contributed by atoms with van der Waals surface area (Å²) in [5.74, 6) is -2.10. The van der Waals surface area contributed by atoms with E-state index in [1.54, 1.807) is 0 Å². The molecule has 2 bridgehead atoms. The molecule has 6 heteroatoms. The zero-order valence-electron chi connectivity index (χ0n) is 14.4. The molecule has 1 aromatic rings. The molecule has 0 radical (unpaired) electrons. The molecule has 2 fully saturated rings. The number of likely N-dealkylation sites (tertiary alicyclic amines) is 1. The van der Waals surface area contributed by atoms with Gasteiger partial charge in [-0.2, -0.15) is 0 Å². The third kappa shape index (κ3) is 3.00. The molecular formula is C20H22N2O4. The van der Waals surface area contributed by atoms with E-state index >= 15 is 0 Å². The van der Waals surface area contributed by atoms with Crippen molar-refractivity contribution in [2.75, 3.05) is 11.9 Å². The van der Waals surface area contributed by atoms with Gasteiger partial charge >= 0.3 is 5.97 Å².